The van der Waals surface area contributed by atoms with E-state index in [4.69, 9.17) is 11.6 Å². The summed E-state index contributed by atoms with van der Waals surface area (Å²) in [6.07, 6.45) is 0. The Balaban J connectivity index is 2.72. The van der Waals surface area contributed by atoms with Crippen molar-refractivity contribution in [2.45, 2.75) is 25.8 Å². The van der Waals surface area contributed by atoms with Crippen LogP contribution in [0.25, 0.3) is 0 Å². The Morgan fingerprint density at radius 2 is 2.22 bits per heavy atom. The number of thiazole rings is 1. The van der Waals surface area contributed by atoms with E-state index in [-0.39, 0.29) is 11.9 Å². The number of hydrogen-bond donors (Lipinski definition) is 0. The molecule has 1 rings (SSSR count). The predicted molar refractivity (Wildman–Crippen MR) is 76.0 cm³/mol. The number of alkyl halides is 1. The molecule has 0 N–H and O–H groups in total. The quantitative estimate of drug-likeness (QED) is 0.754. The molecular weight excluding hydrogens is 270 g/mol. The average molecular weight is 290 g/mol. The van der Waals surface area contributed by atoms with Gasteiger partial charge in [-0.05, 0) is 13.5 Å². The second-order valence-electron chi connectivity index (χ2n) is 4.34. The highest BCUT2D eigenvalue weighted by Crippen LogP contribution is 2.24. The number of rotatable bonds is 6. The Morgan fingerprint density at radius 3 is 2.67 bits per heavy atom. The molecular formula is C12H20ClN3OS. The van der Waals surface area contributed by atoms with Crippen molar-refractivity contribution < 1.29 is 4.79 Å². The number of halogens is 1. The summed E-state index contributed by atoms with van der Waals surface area (Å²) in [5.41, 5.74) is 0.901. The lowest BCUT2D eigenvalue weighted by Crippen LogP contribution is -2.37. The third kappa shape index (κ3) is 3.93. The summed E-state index contributed by atoms with van der Waals surface area (Å²) in [7, 11) is 3.55. The van der Waals surface area contributed by atoms with Gasteiger partial charge in [-0.1, -0.05) is 6.92 Å². The molecule has 0 radical (unpaired) electrons. The van der Waals surface area contributed by atoms with Crippen LogP contribution in [0, 0.1) is 0 Å². The van der Waals surface area contributed by atoms with Crippen molar-refractivity contribution in [2.75, 3.05) is 27.2 Å². The van der Waals surface area contributed by atoms with E-state index >= 15 is 0 Å². The van der Waals surface area contributed by atoms with Gasteiger partial charge in [0, 0.05) is 19.5 Å². The van der Waals surface area contributed by atoms with Gasteiger partial charge >= 0.3 is 0 Å². The van der Waals surface area contributed by atoms with Crippen LogP contribution >= 0.6 is 22.9 Å². The second kappa shape index (κ2) is 7.07. The number of aromatic nitrogens is 1. The lowest BCUT2D eigenvalue weighted by Gasteiger charge is -2.26. The zero-order valence-electron chi connectivity index (χ0n) is 11.3. The summed E-state index contributed by atoms with van der Waals surface area (Å²) in [5, 5.41) is 2.99. The van der Waals surface area contributed by atoms with Crippen LogP contribution in [0.3, 0.4) is 0 Å². The van der Waals surface area contributed by atoms with E-state index in [0.29, 0.717) is 12.4 Å². The van der Waals surface area contributed by atoms with Gasteiger partial charge in [-0.3, -0.25) is 9.69 Å². The summed E-state index contributed by atoms with van der Waals surface area (Å²) >= 11 is 7.35. The van der Waals surface area contributed by atoms with E-state index < -0.39 is 0 Å². The molecule has 1 unspecified atom stereocenters. The van der Waals surface area contributed by atoms with Gasteiger partial charge in [0.2, 0.25) is 5.91 Å². The molecule has 102 valence electrons. The fourth-order valence-electron chi connectivity index (χ4n) is 1.57. The number of carbonyl (C=O) groups excluding carboxylic acids is 1. The van der Waals surface area contributed by atoms with E-state index in [1.54, 1.807) is 30.3 Å². The molecule has 0 aliphatic rings. The van der Waals surface area contributed by atoms with E-state index in [0.717, 1.165) is 17.2 Å². The highest BCUT2D eigenvalue weighted by atomic mass is 35.5. The molecule has 6 heteroatoms. The summed E-state index contributed by atoms with van der Waals surface area (Å²) in [4.78, 5) is 19.9. The van der Waals surface area contributed by atoms with Crippen LogP contribution in [0.15, 0.2) is 5.38 Å². The van der Waals surface area contributed by atoms with Gasteiger partial charge in [-0.25, -0.2) is 4.98 Å². The van der Waals surface area contributed by atoms with Crippen LogP contribution in [0.4, 0.5) is 0 Å². The van der Waals surface area contributed by atoms with Crippen molar-refractivity contribution in [1.29, 1.82) is 0 Å². The Hall–Kier alpha value is -0.650. The predicted octanol–water partition coefficient (Wildman–Crippen LogP) is 2.35. The highest BCUT2D eigenvalue weighted by molar-refractivity contribution is 7.09. The molecule has 1 aromatic rings. The van der Waals surface area contributed by atoms with E-state index in [2.05, 4.69) is 23.7 Å². The summed E-state index contributed by atoms with van der Waals surface area (Å²) in [6.45, 7) is 5.36. The molecule has 0 saturated heterocycles. The van der Waals surface area contributed by atoms with Gasteiger partial charge in [0.1, 0.15) is 5.01 Å². The highest BCUT2D eigenvalue weighted by Gasteiger charge is 2.20. The molecule has 0 spiro atoms. The van der Waals surface area contributed by atoms with Gasteiger partial charge in [-0.2, -0.15) is 0 Å². The molecule has 0 aliphatic carbocycles. The van der Waals surface area contributed by atoms with Crippen molar-refractivity contribution in [2.24, 2.45) is 0 Å². The molecule has 1 amide bonds. The van der Waals surface area contributed by atoms with Crippen molar-refractivity contribution in [3.63, 3.8) is 0 Å². The number of likely N-dealkylation sites (N-methyl/N-ethyl adjacent to an activating group) is 2. The maximum Gasteiger partial charge on any atom is 0.236 e. The Morgan fingerprint density at radius 1 is 1.56 bits per heavy atom. The van der Waals surface area contributed by atoms with Crippen molar-refractivity contribution in [1.82, 2.24) is 14.8 Å². The zero-order valence-corrected chi connectivity index (χ0v) is 12.9. The second-order valence-corrected chi connectivity index (χ2v) is 5.49. The topological polar surface area (TPSA) is 36.4 Å². The molecule has 4 nitrogen and oxygen atoms in total. The van der Waals surface area contributed by atoms with Crippen LogP contribution in [0.2, 0.25) is 0 Å². The first-order valence-electron chi connectivity index (χ1n) is 5.94. The largest absolute Gasteiger partial charge is 0.348 e. The molecule has 1 aromatic heterocycles. The molecule has 0 aliphatic heterocycles. The van der Waals surface area contributed by atoms with Crippen LogP contribution < -0.4 is 0 Å². The standard InChI is InChI=1S/C12H20ClN3OS/c1-5-16(7-11(17)15(3)4)9(2)12-14-10(6-13)8-18-12/h8-9H,5-7H2,1-4H3. The van der Waals surface area contributed by atoms with Crippen LogP contribution in [0.5, 0.6) is 0 Å². The van der Waals surface area contributed by atoms with Gasteiger partial charge in [0.25, 0.3) is 0 Å². The monoisotopic (exact) mass is 289 g/mol. The van der Waals surface area contributed by atoms with Gasteiger partial charge in [0.15, 0.2) is 0 Å². The molecule has 0 aromatic carbocycles. The number of hydrogen-bond acceptors (Lipinski definition) is 4. The molecule has 18 heavy (non-hydrogen) atoms. The number of carbonyl (C=O) groups is 1. The molecule has 0 fully saturated rings. The number of nitrogens with zero attached hydrogens (tertiary/aromatic N) is 3. The first-order valence-corrected chi connectivity index (χ1v) is 7.35. The van der Waals surface area contributed by atoms with E-state index in [9.17, 15) is 4.79 Å². The maximum atomic E-state index is 11.8. The molecule has 1 atom stereocenters. The minimum Gasteiger partial charge on any atom is -0.348 e. The van der Waals surface area contributed by atoms with Crippen LogP contribution in [-0.4, -0.2) is 47.9 Å². The lowest BCUT2D eigenvalue weighted by atomic mass is 10.3. The van der Waals surface area contributed by atoms with Crippen molar-refractivity contribution in [3.05, 3.63) is 16.1 Å². The number of amides is 1. The molecule has 1 heterocycles. The van der Waals surface area contributed by atoms with Gasteiger partial charge < -0.3 is 4.90 Å². The summed E-state index contributed by atoms with van der Waals surface area (Å²) in [5.74, 6) is 0.546. The fourth-order valence-corrected chi connectivity index (χ4v) is 2.71. The molecule has 0 bridgehead atoms. The summed E-state index contributed by atoms with van der Waals surface area (Å²) in [6, 6.07) is 0.140. The molecule has 0 saturated carbocycles. The van der Waals surface area contributed by atoms with Crippen molar-refractivity contribution >= 4 is 28.8 Å². The Labute approximate surface area is 118 Å². The Bertz CT molecular complexity index is 394. The first-order chi connectivity index (χ1) is 8.49. The third-order valence-electron chi connectivity index (χ3n) is 2.85. The minimum absolute atomic E-state index is 0.109. The van der Waals surface area contributed by atoms with Crippen LogP contribution in [-0.2, 0) is 10.7 Å². The average Bonchev–Trinajstić information content (AvgIpc) is 2.83. The minimum atomic E-state index is 0.109. The first kappa shape index (κ1) is 15.4. The van der Waals surface area contributed by atoms with E-state index in [1.165, 1.54) is 0 Å². The van der Waals surface area contributed by atoms with E-state index in [1.807, 2.05) is 5.38 Å². The maximum absolute atomic E-state index is 11.8. The zero-order chi connectivity index (χ0) is 13.7. The van der Waals surface area contributed by atoms with Gasteiger partial charge in [0.05, 0.1) is 24.2 Å². The fraction of sp³-hybridized carbons (Fsp3) is 0.667. The van der Waals surface area contributed by atoms with Crippen LogP contribution in [0.1, 0.15) is 30.6 Å². The SMILES string of the molecule is CCN(CC(=O)N(C)C)C(C)c1nc(CCl)cs1. The lowest BCUT2D eigenvalue weighted by molar-refractivity contribution is -0.130. The normalized spacial score (nSPS) is 12.8. The van der Waals surface area contributed by atoms with Gasteiger partial charge in [-0.15, -0.1) is 22.9 Å². The summed E-state index contributed by atoms with van der Waals surface area (Å²) < 4.78 is 0. The van der Waals surface area contributed by atoms with Crippen molar-refractivity contribution in [3.8, 4) is 0 Å². The Kier molecular flexibility index (Phi) is 6.05. The third-order valence-corrected chi connectivity index (χ3v) is 4.19. The smallest absolute Gasteiger partial charge is 0.236 e.